The van der Waals surface area contributed by atoms with Gasteiger partial charge in [0.1, 0.15) is 0 Å². The summed E-state index contributed by atoms with van der Waals surface area (Å²) in [5, 5.41) is 9.07. The lowest BCUT2D eigenvalue weighted by molar-refractivity contribution is -0.132. The molecule has 3 amide bonds. The molecule has 31 heavy (non-hydrogen) atoms. The summed E-state index contributed by atoms with van der Waals surface area (Å²) in [5.74, 6) is 0.0781. The van der Waals surface area contributed by atoms with E-state index >= 15 is 0 Å². The Morgan fingerprint density at radius 1 is 0.839 bits per heavy atom. The summed E-state index contributed by atoms with van der Waals surface area (Å²) in [6.07, 6.45) is 2.26. The van der Waals surface area contributed by atoms with E-state index in [0.29, 0.717) is 39.1 Å². The van der Waals surface area contributed by atoms with Gasteiger partial charge in [-0.1, -0.05) is 31.5 Å². The Morgan fingerprint density at radius 2 is 1.42 bits per heavy atom. The van der Waals surface area contributed by atoms with Gasteiger partial charge in [-0.3, -0.25) is 4.79 Å². The molecule has 0 radical (unpaired) electrons. The van der Waals surface area contributed by atoms with E-state index in [2.05, 4.69) is 24.4 Å². The fourth-order valence-electron chi connectivity index (χ4n) is 3.15. The van der Waals surface area contributed by atoms with Gasteiger partial charge in [-0.2, -0.15) is 0 Å². The zero-order chi connectivity index (χ0) is 21.9. The van der Waals surface area contributed by atoms with E-state index in [4.69, 9.17) is 0 Å². The SMILES string of the molecule is CCCCN(CCC(=O)N(Cc1cccs1)Cc1cccs1)C(=O)NCc1cccs1. The lowest BCUT2D eigenvalue weighted by Gasteiger charge is -2.26. The highest BCUT2D eigenvalue weighted by Gasteiger charge is 2.19. The van der Waals surface area contributed by atoms with E-state index < -0.39 is 0 Å². The Morgan fingerprint density at radius 3 is 1.94 bits per heavy atom. The Balaban J connectivity index is 1.58. The first-order valence-corrected chi connectivity index (χ1v) is 13.2. The zero-order valence-corrected chi connectivity index (χ0v) is 20.2. The summed E-state index contributed by atoms with van der Waals surface area (Å²) >= 11 is 4.95. The van der Waals surface area contributed by atoms with Crippen LogP contribution in [0.15, 0.2) is 52.5 Å². The Labute approximate surface area is 196 Å². The smallest absolute Gasteiger partial charge is 0.317 e. The summed E-state index contributed by atoms with van der Waals surface area (Å²) in [6, 6.07) is 12.0. The molecule has 0 atom stereocenters. The van der Waals surface area contributed by atoms with Crippen molar-refractivity contribution in [3.63, 3.8) is 0 Å². The number of carbonyl (C=O) groups is 2. The molecule has 0 aliphatic heterocycles. The summed E-state index contributed by atoms with van der Waals surface area (Å²) < 4.78 is 0. The number of rotatable bonds is 12. The van der Waals surface area contributed by atoms with E-state index in [1.807, 2.05) is 45.3 Å². The predicted octanol–water partition coefficient (Wildman–Crippen LogP) is 5.80. The maximum Gasteiger partial charge on any atom is 0.317 e. The van der Waals surface area contributed by atoms with Crippen LogP contribution in [0.2, 0.25) is 0 Å². The van der Waals surface area contributed by atoms with Crippen LogP contribution in [0, 0.1) is 0 Å². The normalized spacial score (nSPS) is 10.7. The number of amides is 3. The highest BCUT2D eigenvalue weighted by atomic mass is 32.1. The van der Waals surface area contributed by atoms with E-state index in [1.54, 1.807) is 38.9 Å². The van der Waals surface area contributed by atoms with Crippen LogP contribution in [0.4, 0.5) is 4.79 Å². The third-order valence-electron chi connectivity index (χ3n) is 4.86. The van der Waals surface area contributed by atoms with E-state index in [1.165, 1.54) is 9.75 Å². The minimum atomic E-state index is -0.0993. The molecule has 0 fully saturated rings. The Bertz CT molecular complexity index is 857. The zero-order valence-electron chi connectivity index (χ0n) is 17.8. The monoisotopic (exact) mass is 475 g/mol. The van der Waals surface area contributed by atoms with Crippen LogP contribution >= 0.6 is 34.0 Å². The Hall–Kier alpha value is -2.16. The molecule has 5 nitrogen and oxygen atoms in total. The van der Waals surface area contributed by atoms with Crippen LogP contribution in [0.25, 0.3) is 0 Å². The van der Waals surface area contributed by atoms with E-state index in [0.717, 1.165) is 17.7 Å². The largest absolute Gasteiger partial charge is 0.333 e. The van der Waals surface area contributed by atoms with Gasteiger partial charge in [0, 0.05) is 34.1 Å². The molecule has 0 unspecified atom stereocenters. The van der Waals surface area contributed by atoms with Gasteiger partial charge in [-0.25, -0.2) is 4.79 Å². The number of urea groups is 1. The molecule has 3 aromatic heterocycles. The molecule has 3 aromatic rings. The third-order valence-corrected chi connectivity index (χ3v) is 7.46. The number of hydrogen-bond acceptors (Lipinski definition) is 5. The van der Waals surface area contributed by atoms with Crippen molar-refractivity contribution in [2.75, 3.05) is 13.1 Å². The first-order valence-electron chi connectivity index (χ1n) is 10.5. The van der Waals surface area contributed by atoms with Gasteiger partial charge in [-0.15, -0.1) is 34.0 Å². The van der Waals surface area contributed by atoms with E-state index in [9.17, 15) is 9.59 Å². The van der Waals surface area contributed by atoms with Gasteiger partial charge >= 0.3 is 6.03 Å². The van der Waals surface area contributed by atoms with Crippen molar-refractivity contribution in [2.24, 2.45) is 0 Å². The summed E-state index contributed by atoms with van der Waals surface area (Å²) in [5.41, 5.74) is 0. The number of hydrogen-bond donors (Lipinski definition) is 1. The fraction of sp³-hybridized carbons (Fsp3) is 0.391. The standard InChI is InChI=1S/C23H29N3O2S3/c1-2-3-11-25(23(28)24-16-19-7-4-13-29-19)12-10-22(27)26(17-20-8-5-14-30-20)18-21-9-6-15-31-21/h4-9,13-15H,2-3,10-12,16-18H2,1H3,(H,24,28). The van der Waals surface area contributed by atoms with Crippen molar-refractivity contribution >= 4 is 45.9 Å². The van der Waals surface area contributed by atoms with Gasteiger partial charge in [0.15, 0.2) is 0 Å². The minimum Gasteiger partial charge on any atom is -0.333 e. The predicted molar refractivity (Wildman–Crippen MR) is 131 cm³/mol. The average molecular weight is 476 g/mol. The van der Waals surface area contributed by atoms with Crippen LogP contribution in [-0.2, 0) is 24.4 Å². The third kappa shape index (κ3) is 7.79. The van der Waals surface area contributed by atoms with Crippen molar-refractivity contribution in [1.29, 1.82) is 0 Å². The molecular formula is C23H29N3O2S3. The summed E-state index contributed by atoms with van der Waals surface area (Å²) in [4.78, 5) is 33.0. The summed E-state index contributed by atoms with van der Waals surface area (Å²) in [6.45, 7) is 4.94. The molecule has 0 saturated carbocycles. The lowest BCUT2D eigenvalue weighted by Crippen LogP contribution is -2.42. The van der Waals surface area contributed by atoms with Crippen LogP contribution in [0.5, 0.6) is 0 Å². The molecule has 8 heteroatoms. The second-order valence-electron chi connectivity index (χ2n) is 7.24. The summed E-state index contributed by atoms with van der Waals surface area (Å²) in [7, 11) is 0. The molecule has 0 aromatic carbocycles. The van der Waals surface area contributed by atoms with Gasteiger partial charge in [0.2, 0.25) is 5.91 Å². The van der Waals surface area contributed by atoms with Gasteiger partial charge in [0.05, 0.1) is 19.6 Å². The first-order chi connectivity index (χ1) is 15.2. The quantitative estimate of drug-likeness (QED) is 0.360. The Kier molecular flexibility index (Phi) is 9.58. The number of thiophene rings is 3. The highest BCUT2D eigenvalue weighted by Crippen LogP contribution is 2.18. The number of nitrogens with zero attached hydrogens (tertiary/aromatic N) is 2. The maximum atomic E-state index is 13.1. The minimum absolute atomic E-state index is 0.0781. The molecular weight excluding hydrogens is 446 g/mol. The molecule has 0 aliphatic carbocycles. The van der Waals surface area contributed by atoms with Crippen LogP contribution in [0.3, 0.4) is 0 Å². The molecule has 0 spiro atoms. The number of unbranched alkanes of at least 4 members (excludes halogenated alkanes) is 1. The van der Waals surface area contributed by atoms with Gasteiger partial charge < -0.3 is 15.1 Å². The van der Waals surface area contributed by atoms with E-state index in [-0.39, 0.29) is 11.9 Å². The molecule has 0 aliphatic rings. The van der Waals surface area contributed by atoms with Crippen LogP contribution in [-0.4, -0.2) is 34.8 Å². The average Bonchev–Trinajstić information content (AvgIpc) is 3.55. The molecule has 1 N–H and O–H groups in total. The fourth-order valence-corrected chi connectivity index (χ4v) is 5.24. The first kappa shape index (κ1) is 23.5. The van der Waals surface area contributed by atoms with Gasteiger partial charge in [0.25, 0.3) is 0 Å². The molecule has 3 rings (SSSR count). The van der Waals surface area contributed by atoms with Gasteiger partial charge in [-0.05, 0) is 40.8 Å². The molecule has 0 bridgehead atoms. The number of nitrogens with one attached hydrogen (secondary N) is 1. The van der Waals surface area contributed by atoms with Crippen molar-refractivity contribution in [3.05, 3.63) is 67.2 Å². The maximum absolute atomic E-state index is 13.1. The lowest BCUT2D eigenvalue weighted by atomic mass is 10.2. The van der Waals surface area contributed by atoms with Crippen molar-refractivity contribution in [2.45, 2.75) is 45.8 Å². The molecule has 0 saturated heterocycles. The second kappa shape index (κ2) is 12.6. The molecule has 3 heterocycles. The molecule has 166 valence electrons. The van der Waals surface area contributed by atoms with Crippen molar-refractivity contribution in [3.8, 4) is 0 Å². The van der Waals surface area contributed by atoms with Crippen molar-refractivity contribution in [1.82, 2.24) is 15.1 Å². The van der Waals surface area contributed by atoms with Crippen LogP contribution < -0.4 is 5.32 Å². The van der Waals surface area contributed by atoms with Crippen molar-refractivity contribution < 1.29 is 9.59 Å². The van der Waals surface area contributed by atoms with Crippen LogP contribution in [0.1, 0.15) is 40.8 Å². The number of carbonyl (C=O) groups excluding carboxylic acids is 2. The topological polar surface area (TPSA) is 52.7 Å². The second-order valence-corrected chi connectivity index (χ2v) is 10.3. The highest BCUT2D eigenvalue weighted by molar-refractivity contribution is 7.10.